The van der Waals surface area contributed by atoms with Gasteiger partial charge in [0, 0.05) is 6.92 Å². The predicted molar refractivity (Wildman–Crippen MR) is 82.1 cm³/mol. The topological polar surface area (TPSA) is 26.3 Å². The van der Waals surface area contributed by atoms with E-state index in [9.17, 15) is 4.79 Å². The molecule has 0 aliphatic carbocycles. The first kappa shape index (κ1) is 17.9. The minimum absolute atomic E-state index is 0.179. The van der Waals surface area contributed by atoms with Gasteiger partial charge in [0.05, 0.1) is 6.61 Å². The zero-order chi connectivity index (χ0) is 14.7. The second-order valence-corrected chi connectivity index (χ2v) is 5.68. The molecule has 0 saturated carbocycles. The van der Waals surface area contributed by atoms with Gasteiger partial charge in [0.2, 0.25) is 0 Å². The minimum Gasteiger partial charge on any atom is -0.466 e. The van der Waals surface area contributed by atoms with Crippen LogP contribution in [-0.2, 0) is 9.53 Å². The molecule has 0 saturated heterocycles. The van der Waals surface area contributed by atoms with E-state index in [1.807, 2.05) is 0 Å². The van der Waals surface area contributed by atoms with Gasteiger partial charge in [-0.2, -0.15) is 0 Å². The second kappa shape index (κ2) is 10.8. The summed E-state index contributed by atoms with van der Waals surface area (Å²) in [6, 6.07) is 0. The van der Waals surface area contributed by atoms with E-state index in [-0.39, 0.29) is 5.97 Å². The zero-order valence-electron chi connectivity index (χ0n) is 13.3. The maximum Gasteiger partial charge on any atom is 0.302 e. The van der Waals surface area contributed by atoms with E-state index in [1.54, 1.807) is 0 Å². The maximum absolute atomic E-state index is 10.6. The zero-order valence-corrected chi connectivity index (χ0v) is 13.3. The van der Waals surface area contributed by atoms with Crippen LogP contribution in [0.25, 0.3) is 0 Å². The van der Waals surface area contributed by atoms with Crippen LogP contribution < -0.4 is 0 Å². The molecule has 0 unspecified atom stereocenters. The van der Waals surface area contributed by atoms with Crippen molar-refractivity contribution in [1.82, 2.24) is 0 Å². The summed E-state index contributed by atoms with van der Waals surface area (Å²) < 4.78 is 4.95. The van der Waals surface area contributed by atoms with Crippen molar-refractivity contribution in [2.24, 2.45) is 5.92 Å². The van der Waals surface area contributed by atoms with Crippen LogP contribution in [0.2, 0.25) is 0 Å². The van der Waals surface area contributed by atoms with Crippen molar-refractivity contribution in [1.29, 1.82) is 0 Å². The molecule has 0 aromatic carbocycles. The molecule has 0 bridgehead atoms. The van der Waals surface area contributed by atoms with Crippen LogP contribution in [0.4, 0.5) is 0 Å². The van der Waals surface area contributed by atoms with Crippen molar-refractivity contribution < 1.29 is 9.53 Å². The molecular weight excluding hydrogens is 236 g/mol. The number of ether oxygens (including phenoxy) is 1. The molecule has 0 fully saturated rings. The number of rotatable bonds is 9. The quantitative estimate of drug-likeness (QED) is 0.431. The molecule has 0 radical (unpaired) electrons. The van der Waals surface area contributed by atoms with Crippen LogP contribution in [-0.4, -0.2) is 12.6 Å². The molecular formula is C17H30O2. The molecule has 2 heteroatoms. The van der Waals surface area contributed by atoms with Crippen LogP contribution in [0, 0.1) is 5.92 Å². The fourth-order valence-corrected chi connectivity index (χ4v) is 1.85. The minimum atomic E-state index is -0.179. The highest BCUT2D eigenvalue weighted by Crippen LogP contribution is 2.14. The van der Waals surface area contributed by atoms with Crippen LogP contribution in [0.15, 0.2) is 23.3 Å². The average molecular weight is 266 g/mol. The molecule has 110 valence electrons. The Hall–Kier alpha value is -1.05. The van der Waals surface area contributed by atoms with E-state index in [2.05, 4.69) is 39.8 Å². The lowest BCUT2D eigenvalue weighted by molar-refractivity contribution is -0.141. The first-order chi connectivity index (χ1) is 8.91. The van der Waals surface area contributed by atoms with Gasteiger partial charge in [-0.1, -0.05) is 30.2 Å². The Bertz CT molecular complexity index is 309. The monoisotopic (exact) mass is 266 g/mol. The van der Waals surface area contributed by atoms with Crippen molar-refractivity contribution in [3.63, 3.8) is 0 Å². The van der Waals surface area contributed by atoms with Gasteiger partial charge in [-0.25, -0.2) is 0 Å². The van der Waals surface area contributed by atoms with Gasteiger partial charge >= 0.3 is 5.97 Å². The number of hydrogen-bond donors (Lipinski definition) is 0. The molecule has 0 N–H and O–H groups in total. The Morgan fingerprint density at radius 1 is 1.05 bits per heavy atom. The molecule has 0 spiro atoms. The highest BCUT2D eigenvalue weighted by molar-refractivity contribution is 5.65. The lowest BCUT2D eigenvalue weighted by Gasteiger charge is -2.10. The van der Waals surface area contributed by atoms with E-state index in [4.69, 9.17) is 4.74 Å². The highest BCUT2D eigenvalue weighted by atomic mass is 16.5. The number of allylic oxidation sites excluding steroid dienone is 4. The summed E-state index contributed by atoms with van der Waals surface area (Å²) in [4.78, 5) is 10.6. The maximum atomic E-state index is 10.6. The van der Waals surface area contributed by atoms with Gasteiger partial charge < -0.3 is 4.74 Å². The van der Waals surface area contributed by atoms with Gasteiger partial charge in [-0.05, 0) is 58.8 Å². The third-order valence-electron chi connectivity index (χ3n) is 3.16. The number of hydrogen-bond acceptors (Lipinski definition) is 2. The van der Waals surface area contributed by atoms with E-state index >= 15 is 0 Å². The molecule has 0 aliphatic rings. The van der Waals surface area contributed by atoms with Crippen molar-refractivity contribution in [3.8, 4) is 0 Å². The van der Waals surface area contributed by atoms with E-state index in [0.29, 0.717) is 12.5 Å². The number of esters is 1. The largest absolute Gasteiger partial charge is 0.466 e. The predicted octanol–water partition coefficient (Wildman–Crippen LogP) is 5.05. The molecule has 2 nitrogen and oxygen atoms in total. The Kier molecular flexibility index (Phi) is 10.2. The van der Waals surface area contributed by atoms with Crippen LogP contribution in [0.3, 0.4) is 0 Å². The fraction of sp³-hybridized carbons (Fsp3) is 0.706. The van der Waals surface area contributed by atoms with Gasteiger partial charge in [-0.15, -0.1) is 0 Å². The summed E-state index contributed by atoms with van der Waals surface area (Å²) in [6.07, 6.45) is 10.2. The molecule has 0 amide bonds. The Morgan fingerprint density at radius 2 is 1.74 bits per heavy atom. The first-order valence-electron chi connectivity index (χ1n) is 7.34. The van der Waals surface area contributed by atoms with Crippen molar-refractivity contribution in [2.45, 2.75) is 66.7 Å². The lowest BCUT2D eigenvalue weighted by atomic mass is 10.0. The molecule has 19 heavy (non-hydrogen) atoms. The summed E-state index contributed by atoms with van der Waals surface area (Å²) in [6.45, 7) is 10.7. The normalized spacial score (nSPS) is 13.0. The van der Waals surface area contributed by atoms with Crippen LogP contribution in [0.5, 0.6) is 0 Å². The van der Waals surface area contributed by atoms with E-state index in [1.165, 1.54) is 24.5 Å². The fourth-order valence-electron chi connectivity index (χ4n) is 1.85. The summed E-state index contributed by atoms with van der Waals surface area (Å²) in [5, 5.41) is 0. The molecule has 0 rings (SSSR count). The molecule has 0 heterocycles. The van der Waals surface area contributed by atoms with Gasteiger partial charge in [0.15, 0.2) is 0 Å². The van der Waals surface area contributed by atoms with Crippen LogP contribution >= 0.6 is 0 Å². The average Bonchev–Trinajstić information content (AvgIpc) is 2.27. The smallest absolute Gasteiger partial charge is 0.302 e. The summed E-state index contributed by atoms with van der Waals surface area (Å²) in [7, 11) is 0. The van der Waals surface area contributed by atoms with Crippen molar-refractivity contribution in [2.75, 3.05) is 6.61 Å². The molecule has 0 aromatic rings. The standard InChI is InChI=1S/C17H30O2/c1-14(2)8-6-9-15(3)10-7-11-16(4)12-13-19-17(5)18/h8,10,16H,6-7,9,11-13H2,1-5H3/b15-10+/t16-/m0/s1. The van der Waals surface area contributed by atoms with E-state index in [0.717, 1.165) is 25.7 Å². The third-order valence-corrected chi connectivity index (χ3v) is 3.16. The molecule has 0 aliphatic heterocycles. The second-order valence-electron chi connectivity index (χ2n) is 5.68. The Labute approximate surface area is 118 Å². The van der Waals surface area contributed by atoms with Gasteiger partial charge in [0.25, 0.3) is 0 Å². The molecule has 1 atom stereocenters. The lowest BCUT2D eigenvalue weighted by Crippen LogP contribution is -2.05. The number of carbonyl (C=O) groups excluding carboxylic acids is 1. The van der Waals surface area contributed by atoms with Gasteiger partial charge in [-0.3, -0.25) is 4.79 Å². The summed E-state index contributed by atoms with van der Waals surface area (Å²) >= 11 is 0. The van der Waals surface area contributed by atoms with Gasteiger partial charge in [0.1, 0.15) is 0 Å². The SMILES string of the molecule is CC(=O)OCC[C@@H](C)CC/C=C(\C)CCC=C(C)C. The van der Waals surface area contributed by atoms with E-state index < -0.39 is 0 Å². The van der Waals surface area contributed by atoms with Crippen LogP contribution in [0.1, 0.15) is 66.7 Å². The molecule has 0 aromatic heterocycles. The number of carbonyl (C=O) groups is 1. The van der Waals surface area contributed by atoms with Crippen molar-refractivity contribution >= 4 is 5.97 Å². The Morgan fingerprint density at radius 3 is 2.32 bits per heavy atom. The first-order valence-corrected chi connectivity index (χ1v) is 7.34. The summed E-state index contributed by atoms with van der Waals surface area (Å²) in [5.74, 6) is 0.434. The Balaban J connectivity index is 3.69. The summed E-state index contributed by atoms with van der Waals surface area (Å²) in [5.41, 5.74) is 2.87. The highest BCUT2D eigenvalue weighted by Gasteiger charge is 2.02. The third kappa shape index (κ3) is 13.2. The van der Waals surface area contributed by atoms with Crippen molar-refractivity contribution in [3.05, 3.63) is 23.3 Å².